The summed E-state index contributed by atoms with van der Waals surface area (Å²) in [6.45, 7) is 1.44. The van der Waals surface area contributed by atoms with Crippen LogP contribution >= 0.6 is 0 Å². The third-order valence-corrected chi connectivity index (χ3v) is 9.39. The van der Waals surface area contributed by atoms with Gasteiger partial charge in [0.15, 0.2) is 0 Å². The van der Waals surface area contributed by atoms with E-state index in [1.807, 2.05) is 48.5 Å². The summed E-state index contributed by atoms with van der Waals surface area (Å²) < 4.78 is 49.1. The van der Waals surface area contributed by atoms with Gasteiger partial charge in [-0.1, -0.05) is 78.9 Å². The molecule has 0 heterocycles. The zero-order valence-corrected chi connectivity index (χ0v) is 27.2. The summed E-state index contributed by atoms with van der Waals surface area (Å²) in [7, 11) is -4.25. The van der Waals surface area contributed by atoms with Crippen molar-refractivity contribution in [3.8, 4) is 11.5 Å². The number of likely N-dealkylation sites (N-methyl/N-ethyl adjacent to an activating group) is 1. The van der Waals surface area contributed by atoms with Crippen LogP contribution in [0.2, 0.25) is 0 Å². The number of amides is 2. The Morgan fingerprint density at radius 2 is 1.29 bits per heavy atom. The maximum Gasteiger partial charge on any atom is 0.264 e. The molecule has 2 amide bonds. The van der Waals surface area contributed by atoms with Gasteiger partial charge in [-0.25, -0.2) is 12.8 Å². The minimum absolute atomic E-state index is 0.00272. The van der Waals surface area contributed by atoms with E-state index in [1.165, 1.54) is 41.3 Å². The summed E-state index contributed by atoms with van der Waals surface area (Å²) >= 11 is 0. The number of sulfonamides is 1. The predicted octanol–water partition coefficient (Wildman–Crippen LogP) is 6.59. The van der Waals surface area contributed by atoms with Gasteiger partial charge in [-0.15, -0.1) is 0 Å². The first-order chi connectivity index (χ1) is 23.2. The fourth-order valence-electron chi connectivity index (χ4n) is 5.19. The highest BCUT2D eigenvalue weighted by Crippen LogP contribution is 2.29. The van der Waals surface area contributed by atoms with Gasteiger partial charge in [-0.05, 0) is 78.7 Å². The molecule has 0 aliphatic carbocycles. The van der Waals surface area contributed by atoms with Crippen molar-refractivity contribution in [1.82, 2.24) is 10.2 Å². The SMILES string of the molecule is CCNC(=O)C(Cc1ccccc1)N(Cc1ccc(F)cc1)C(=O)CN(c1ccc(Oc2ccccc2)cc1)S(=O)(=O)c1ccccc1. The van der Waals surface area contributed by atoms with Gasteiger partial charge in [-0.2, -0.15) is 0 Å². The molecule has 1 N–H and O–H groups in total. The number of nitrogens with one attached hydrogen (secondary N) is 1. The highest BCUT2D eigenvalue weighted by atomic mass is 32.2. The molecule has 5 rings (SSSR count). The molecule has 0 aromatic heterocycles. The van der Waals surface area contributed by atoms with Crippen molar-refractivity contribution in [2.24, 2.45) is 0 Å². The van der Waals surface area contributed by atoms with Crippen molar-refractivity contribution in [2.45, 2.75) is 30.8 Å². The number of nitrogens with zero attached hydrogens (tertiary/aromatic N) is 2. The van der Waals surface area contributed by atoms with E-state index in [2.05, 4.69) is 5.32 Å². The molecule has 0 spiro atoms. The Bertz CT molecular complexity index is 1890. The third-order valence-electron chi connectivity index (χ3n) is 7.60. The number of benzene rings is 5. The van der Waals surface area contributed by atoms with Crippen molar-refractivity contribution >= 4 is 27.5 Å². The number of carbonyl (C=O) groups excluding carboxylic acids is 2. The van der Waals surface area contributed by atoms with Gasteiger partial charge in [0.1, 0.15) is 29.9 Å². The minimum Gasteiger partial charge on any atom is -0.457 e. The van der Waals surface area contributed by atoms with Crippen LogP contribution in [0.5, 0.6) is 11.5 Å². The fraction of sp³-hybridized carbons (Fsp3) is 0.158. The zero-order chi connectivity index (χ0) is 33.9. The second-order valence-electron chi connectivity index (χ2n) is 11.0. The van der Waals surface area contributed by atoms with Crippen LogP contribution in [0.15, 0.2) is 144 Å². The molecule has 5 aromatic rings. The topological polar surface area (TPSA) is 96.0 Å². The zero-order valence-electron chi connectivity index (χ0n) is 26.4. The second-order valence-corrected chi connectivity index (χ2v) is 12.8. The van der Waals surface area contributed by atoms with Crippen LogP contribution in [0.1, 0.15) is 18.1 Å². The normalized spacial score (nSPS) is 11.7. The summed E-state index contributed by atoms with van der Waals surface area (Å²) in [4.78, 5) is 29.4. The van der Waals surface area contributed by atoms with Crippen LogP contribution in [-0.2, 0) is 32.6 Å². The standard InChI is InChI=1S/C38H36FN3O5S/c1-2-40-38(44)36(26-29-12-6-3-7-13-29)41(27-30-18-20-31(39)21-19-30)37(43)28-42(48(45,46)35-16-10-5-11-17-35)32-22-24-34(25-23-32)47-33-14-8-4-9-15-33/h3-25,36H,2,26-28H2,1H3,(H,40,44). The molecule has 0 bridgehead atoms. The van der Waals surface area contributed by atoms with Crippen molar-refractivity contribution in [3.63, 3.8) is 0 Å². The number of carbonyl (C=O) groups is 2. The Morgan fingerprint density at radius 3 is 1.90 bits per heavy atom. The molecule has 48 heavy (non-hydrogen) atoms. The fourth-order valence-corrected chi connectivity index (χ4v) is 6.62. The van der Waals surface area contributed by atoms with Crippen molar-refractivity contribution < 1.29 is 27.1 Å². The van der Waals surface area contributed by atoms with Gasteiger partial charge in [0.2, 0.25) is 11.8 Å². The van der Waals surface area contributed by atoms with E-state index in [1.54, 1.807) is 61.5 Å². The summed E-state index contributed by atoms with van der Waals surface area (Å²) in [5, 5.41) is 2.82. The van der Waals surface area contributed by atoms with Crippen LogP contribution in [-0.4, -0.2) is 44.3 Å². The van der Waals surface area contributed by atoms with E-state index >= 15 is 0 Å². The van der Waals surface area contributed by atoms with Gasteiger partial charge in [0.25, 0.3) is 10.0 Å². The number of ether oxygens (including phenoxy) is 1. The first kappa shape index (κ1) is 33.9. The van der Waals surface area contributed by atoms with Crippen molar-refractivity contribution in [3.05, 3.63) is 156 Å². The van der Waals surface area contributed by atoms with Crippen LogP contribution < -0.4 is 14.4 Å². The molecule has 1 atom stereocenters. The lowest BCUT2D eigenvalue weighted by molar-refractivity contribution is -0.140. The predicted molar refractivity (Wildman–Crippen MR) is 183 cm³/mol. The summed E-state index contributed by atoms with van der Waals surface area (Å²) in [6.07, 6.45) is 0.177. The minimum atomic E-state index is -4.25. The Labute approximate surface area is 280 Å². The van der Waals surface area contributed by atoms with E-state index < -0.39 is 40.2 Å². The lowest BCUT2D eigenvalue weighted by Crippen LogP contribution is -2.53. The first-order valence-corrected chi connectivity index (χ1v) is 16.9. The molecule has 0 radical (unpaired) electrons. The number of hydrogen-bond acceptors (Lipinski definition) is 5. The van der Waals surface area contributed by atoms with E-state index in [9.17, 15) is 22.4 Å². The van der Waals surface area contributed by atoms with E-state index in [-0.39, 0.29) is 23.5 Å². The van der Waals surface area contributed by atoms with Crippen molar-refractivity contribution in [1.29, 1.82) is 0 Å². The number of hydrogen-bond donors (Lipinski definition) is 1. The summed E-state index contributed by atoms with van der Waals surface area (Å²) in [6, 6.07) is 37.3. The van der Waals surface area contributed by atoms with E-state index in [0.717, 1.165) is 9.87 Å². The van der Waals surface area contributed by atoms with E-state index in [4.69, 9.17) is 4.74 Å². The van der Waals surface area contributed by atoms with Gasteiger partial charge >= 0.3 is 0 Å². The molecule has 0 fully saturated rings. The first-order valence-electron chi connectivity index (χ1n) is 15.5. The molecular weight excluding hydrogens is 629 g/mol. The maximum atomic E-state index is 14.5. The second kappa shape index (κ2) is 15.9. The number of rotatable bonds is 14. The van der Waals surface area contributed by atoms with Crippen molar-refractivity contribution in [2.75, 3.05) is 17.4 Å². The molecular formula is C38H36FN3O5S. The molecule has 0 aliphatic heterocycles. The van der Waals surface area contributed by atoms with Gasteiger partial charge in [-0.3, -0.25) is 13.9 Å². The molecule has 8 nitrogen and oxygen atoms in total. The van der Waals surface area contributed by atoms with Crippen LogP contribution in [0, 0.1) is 5.82 Å². The number of para-hydroxylation sites is 1. The highest BCUT2D eigenvalue weighted by molar-refractivity contribution is 7.92. The summed E-state index contributed by atoms with van der Waals surface area (Å²) in [5.74, 6) is -0.362. The van der Waals surface area contributed by atoms with Gasteiger partial charge in [0, 0.05) is 19.5 Å². The number of anilines is 1. The van der Waals surface area contributed by atoms with Crippen LogP contribution in [0.4, 0.5) is 10.1 Å². The smallest absolute Gasteiger partial charge is 0.264 e. The third kappa shape index (κ3) is 8.65. The van der Waals surface area contributed by atoms with Crippen LogP contribution in [0.3, 0.4) is 0 Å². The Balaban J connectivity index is 1.53. The Kier molecular flexibility index (Phi) is 11.2. The quantitative estimate of drug-likeness (QED) is 0.144. The molecule has 0 saturated carbocycles. The van der Waals surface area contributed by atoms with Gasteiger partial charge < -0.3 is 15.0 Å². The lowest BCUT2D eigenvalue weighted by atomic mass is 10.0. The van der Waals surface area contributed by atoms with Gasteiger partial charge in [0.05, 0.1) is 10.6 Å². The summed E-state index contributed by atoms with van der Waals surface area (Å²) in [5.41, 5.74) is 1.62. The largest absolute Gasteiger partial charge is 0.457 e. The monoisotopic (exact) mass is 665 g/mol. The molecule has 0 saturated heterocycles. The lowest BCUT2D eigenvalue weighted by Gasteiger charge is -2.33. The Morgan fingerprint density at radius 1 is 0.729 bits per heavy atom. The maximum absolute atomic E-state index is 14.5. The molecule has 5 aromatic carbocycles. The highest BCUT2D eigenvalue weighted by Gasteiger charge is 2.34. The van der Waals surface area contributed by atoms with E-state index in [0.29, 0.717) is 23.6 Å². The average Bonchev–Trinajstić information content (AvgIpc) is 3.11. The number of halogens is 1. The molecule has 10 heteroatoms. The average molecular weight is 666 g/mol. The van der Waals surface area contributed by atoms with Crippen LogP contribution in [0.25, 0.3) is 0 Å². The molecule has 246 valence electrons. The molecule has 0 aliphatic rings. The Hall–Kier alpha value is -5.48. The molecule has 1 unspecified atom stereocenters.